The lowest BCUT2D eigenvalue weighted by atomic mass is 9.95. The molecule has 2 aliphatic heterocycles. The number of anilines is 2. The first-order chi connectivity index (χ1) is 16.0. The van der Waals surface area contributed by atoms with Crippen LogP contribution in [0.5, 0.6) is 0 Å². The molecule has 170 valence electrons. The van der Waals surface area contributed by atoms with Crippen molar-refractivity contribution in [2.45, 2.75) is 26.4 Å². The lowest BCUT2D eigenvalue weighted by Gasteiger charge is -2.36. The Morgan fingerprint density at radius 1 is 1.15 bits per heavy atom. The van der Waals surface area contributed by atoms with Crippen LogP contribution in [0.4, 0.5) is 11.5 Å². The zero-order valence-electron chi connectivity index (χ0n) is 19.3. The molecule has 0 amide bonds. The van der Waals surface area contributed by atoms with Gasteiger partial charge in [0, 0.05) is 47.7 Å². The zero-order valence-corrected chi connectivity index (χ0v) is 19.3. The van der Waals surface area contributed by atoms with Crippen molar-refractivity contribution in [3.8, 4) is 22.5 Å². The fourth-order valence-corrected chi connectivity index (χ4v) is 4.59. The summed E-state index contributed by atoms with van der Waals surface area (Å²) in [6.45, 7) is 12.0. The number of nitrogens with two attached hydrogens (primary N) is 1. The van der Waals surface area contributed by atoms with E-state index in [9.17, 15) is 0 Å². The van der Waals surface area contributed by atoms with E-state index in [1.54, 1.807) is 6.20 Å². The number of nitrogens with one attached hydrogen (secondary N) is 1. The first-order valence-electron chi connectivity index (χ1n) is 11.7. The highest BCUT2D eigenvalue weighted by molar-refractivity contribution is 5.77. The molecule has 1 saturated heterocycles. The molecule has 0 saturated carbocycles. The van der Waals surface area contributed by atoms with Gasteiger partial charge in [0.05, 0.1) is 24.6 Å². The normalized spacial score (nSPS) is 18.2. The molecular formula is C27H31N5O. The Morgan fingerprint density at radius 3 is 2.73 bits per heavy atom. The number of morpholine rings is 1. The van der Waals surface area contributed by atoms with Crippen LogP contribution in [0.15, 0.2) is 55.2 Å². The van der Waals surface area contributed by atoms with E-state index in [-0.39, 0.29) is 6.10 Å². The first kappa shape index (κ1) is 21.5. The lowest BCUT2D eigenvalue weighted by Crippen LogP contribution is -2.44. The summed E-state index contributed by atoms with van der Waals surface area (Å²) < 4.78 is 5.91. The van der Waals surface area contributed by atoms with E-state index in [2.05, 4.69) is 72.0 Å². The Labute approximate surface area is 195 Å². The van der Waals surface area contributed by atoms with Crippen LogP contribution in [0.3, 0.4) is 0 Å². The first-order valence-corrected chi connectivity index (χ1v) is 11.7. The van der Waals surface area contributed by atoms with Gasteiger partial charge < -0.3 is 20.7 Å². The predicted octanol–water partition coefficient (Wildman–Crippen LogP) is 4.37. The van der Waals surface area contributed by atoms with E-state index in [0.29, 0.717) is 11.7 Å². The lowest BCUT2D eigenvalue weighted by molar-refractivity contribution is 0.0114. The zero-order chi connectivity index (χ0) is 22.9. The van der Waals surface area contributed by atoms with Gasteiger partial charge in [0.15, 0.2) is 0 Å². The van der Waals surface area contributed by atoms with Gasteiger partial charge in [-0.15, -0.1) is 0 Å². The second kappa shape index (κ2) is 8.87. The third kappa shape index (κ3) is 4.31. The van der Waals surface area contributed by atoms with Crippen LogP contribution >= 0.6 is 0 Å². The minimum Gasteiger partial charge on any atom is -0.385 e. The number of aromatic nitrogens is 2. The minimum atomic E-state index is 0.272. The van der Waals surface area contributed by atoms with Gasteiger partial charge in [0.1, 0.15) is 11.5 Å². The third-order valence-electron chi connectivity index (χ3n) is 6.60. The van der Waals surface area contributed by atoms with Crippen LogP contribution < -0.4 is 16.0 Å². The minimum absolute atomic E-state index is 0.272. The van der Waals surface area contributed by atoms with Gasteiger partial charge in [-0.25, -0.2) is 9.97 Å². The van der Waals surface area contributed by atoms with E-state index < -0.39 is 0 Å². The molecule has 0 spiro atoms. The number of nitrogen functional groups attached to an aromatic ring is 1. The van der Waals surface area contributed by atoms with E-state index >= 15 is 0 Å². The molecule has 1 aromatic heterocycles. The van der Waals surface area contributed by atoms with Crippen LogP contribution in [-0.2, 0) is 11.2 Å². The highest BCUT2D eigenvalue weighted by atomic mass is 16.5. The standard InChI is InChI=1S/C27H31N5O/c1-17(2)25-16-32(12-13-33-25)22-7-4-19(5-8-22)24-15-30-27(28)26(31-24)21-6-9-23-18(3)29-11-10-20(23)14-21/h4-9,14-15,17,25,29H,3,10-13,16H2,1-2H3,(H2,28,30). The average Bonchev–Trinajstić information content (AvgIpc) is 2.84. The summed E-state index contributed by atoms with van der Waals surface area (Å²) in [5.41, 5.74) is 14.4. The fraction of sp³-hybridized carbons (Fsp3) is 0.333. The number of rotatable bonds is 4. The summed E-state index contributed by atoms with van der Waals surface area (Å²) in [6, 6.07) is 14.9. The molecule has 5 rings (SSSR count). The summed E-state index contributed by atoms with van der Waals surface area (Å²) in [4.78, 5) is 11.8. The van der Waals surface area contributed by atoms with E-state index in [4.69, 9.17) is 15.5 Å². The van der Waals surface area contributed by atoms with E-state index in [1.807, 2.05) is 6.07 Å². The molecule has 1 unspecified atom stereocenters. The highest BCUT2D eigenvalue weighted by Gasteiger charge is 2.23. The number of hydrogen-bond donors (Lipinski definition) is 2. The molecule has 3 N–H and O–H groups in total. The quantitative estimate of drug-likeness (QED) is 0.626. The van der Waals surface area contributed by atoms with Gasteiger partial charge in [-0.2, -0.15) is 0 Å². The van der Waals surface area contributed by atoms with Gasteiger partial charge in [0.2, 0.25) is 0 Å². The van der Waals surface area contributed by atoms with Crippen molar-refractivity contribution in [1.82, 2.24) is 15.3 Å². The molecule has 3 aromatic rings. The maximum Gasteiger partial charge on any atom is 0.150 e. The molecule has 0 bridgehead atoms. The second-order valence-corrected chi connectivity index (χ2v) is 9.16. The van der Waals surface area contributed by atoms with Crippen LogP contribution in [0, 0.1) is 5.92 Å². The van der Waals surface area contributed by atoms with Crippen LogP contribution in [-0.4, -0.2) is 42.3 Å². The summed E-state index contributed by atoms with van der Waals surface area (Å²) in [7, 11) is 0. The number of hydrogen-bond acceptors (Lipinski definition) is 6. The number of benzene rings is 2. The third-order valence-corrected chi connectivity index (χ3v) is 6.60. The molecule has 0 radical (unpaired) electrons. The average molecular weight is 442 g/mol. The van der Waals surface area contributed by atoms with Crippen LogP contribution in [0.25, 0.3) is 28.2 Å². The van der Waals surface area contributed by atoms with Crippen molar-refractivity contribution in [2.24, 2.45) is 5.92 Å². The Balaban J connectivity index is 1.41. The molecule has 2 aliphatic rings. The fourth-order valence-electron chi connectivity index (χ4n) is 4.59. The SMILES string of the molecule is C=C1NCCc2cc(-c3nc(-c4ccc(N5CCOC(C(C)C)C5)cc4)cnc3N)ccc21. The summed E-state index contributed by atoms with van der Waals surface area (Å²) >= 11 is 0. The smallest absolute Gasteiger partial charge is 0.150 e. The molecule has 33 heavy (non-hydrogen) atoms. The maximum atomic E-state index is 6.24. The maximum absolute atomic E-state index is 6.24. The Bertz CT molecular complexity index is 1170. The topological polar surface area (TPSA) is 76.3 Å². The monoisotopic (exact) mass is 441 g/mol. The van der Waals surface area contributed by atoms with E-state index in [1.165, 1.54) is 11.3 Å². The molecule has 3 heterocycles. The Morgan fingerprint density at radius 2 is 1.94 bits per heavy atom. The molecule has 6 heteroatoms. The van der Waals surface area contributed by atoms with Gasteiger partial charge in [0.25, 0.3) is 0 Å². The van der Waals surface area contributed by atoms with Gasteiger partial charge >= 0.3 is 0 Å². The van der Waals surface area contributed by atoms with Crippen molar-refractivity contribution in [2.75, 3.05) is 36.9 Å². The highest BCUT2D eigenvalue weighted by Crippen LogP contribution is 2.31. The molecule has 0 aliphatic carbocycles. The summed E-state index contributed by atoms with van der Waals surface area (Å²) in [6.07, 6.45) is 2.98. The molecule has 1 atom stereocenters. The van der Waals surface area contributed by atoms with Crippen molar-refractivity contribution in [1.29, 1.82) is 0 Å². The molecule has 2 aromatic carbocycles. The largest absolute Gasteiger partial charge is 0.385 e. The predicted molar refractivity (Wildman–Crippen MR) is 135 cm³/mol. The van der Waals surface area contributed by atoms with E-state index in [0.717, 1.165) is 66.4 Å². The van der Waals surface area contributed by atoms with Crippen molar-refractivity contribution in [3.05, 3.63) is 66.4 Å². The van der Waals surface area contributed by atoms with Crippen molar-refractivity contribution in [3.63, 3.8) is 0 Å². The van der Waals surface area contributed by atoms with Gasteiger partial charge in [-0.05, 0) is 36.1 Å². The van der Waals surface area contributed by atoms with Gasteiger partial charge in [-0.1, -0.05) is 44.7 Å². The molecule has 1 fully saturated rings. The number of nitrogens with zero attached hydrogens (tertiary/aromatic N) is 3. The summed E-state index contributed by atoms with van der Waals surface area (Å²) in [5.74, 6) is 0.949. The molecular weight excluding hydrogens is 410 g/mol. The van der Waals surface area contributed by atoms with Crippen LogP contribution in [0.2, 0.25) is 0 Å². The number of ether oxygens (including phenoxy) is 1. The van der Waals surface area contributed by atoms with Crippen LogP contribution in [0.1, 0.15) is 25.0 Å². The van der Waals surface area contributed by atoms with Gasteiger partial charge in [-0.3, -0.25) is 0 Å². The molecule has 6 nitrogen and oxygen atoms in total. The van der Waals surface area contributed by atoms with Crippen molar-refractivity contribution >= 4 is 17.2 Å². The Hall–Kier alpha value is -3.38. The van der Waals surface area contributed by atoms with Crippen molar-refractivity contribution < 1.29 is 4.74 Å². The Kier molecular flexibility index (Phi) is 5.77. The summed E-state index contributed by atoms with van der Waals surface area (Å²) in [5, 5.41) is 3.32. The second-order valence-electron chi connectivity index (χ2n) is 9.16. The number of fused-ring (bicyclic) bond motifs is 1.